The summed E-state index contributed by atoms with van der Waals surface area (Å²) in [6, 6.07) is 5.72. The Morgan fingerprint density at radius 2 is 2.21 bits per heavy atom. The molecule has 1 N–H and O–H groups in total. The molecular formula is C11H12O3. The number of aliphatic hydroxyl groups excluding tert-OH is 1. The van der Waals surface area contributed by atoms with Gasteiger partial charge in [-0.3, -0.25) is 0 Å². The molecule has 0 spiro atoms. The molecule has 0 atom stereocenters. The van der Waals surface area contributed by atoms with Gasteiger partial charge < -0.3 is 14.6 Å². The molecule has 74 valence electrons. The van der Waals surface area contributed by atoms with Crippen molar-refractivity contribution in [3.8, 4) is 11.5 Å². The van der Waals surface area contributed by atoms with Crippen LogP contribution in [0.1, 0.15) is 12.5 Å². The van der Waals surface area contributed by atoms with Crippen LogP contribution in [0.15, 0.2) is 23.8 Å². The number of hydrogen-bond donors (Lipinski definition) is 1. The van der Waals surface area contributed by atoms with Crippen molar-refractivity contribution in [3.63, 3.8) is 0 Å². The van der Waals surface area contributed by atoms with Gasteiger partial charge in [-0.2, -0.15) is 0 Å². The summed E-state index contributed by atoms with van der Waals surface area (Å²) >= 11 is 0. The second-order valence-electron chi connectivity index (χ2n) is 3.26. The zero-order valence-corrected chi connectivity index (χ0v) is 7.99. The SMILES string of the molecule is CC(=Cc1ccc2c(c1)OCO2)CO. The van der Waals surface area contributed by atoms with Gasteiger partial charge in [0.2, 0.25) is 6.79 Å². The maximum Gasteiger partial charge on any atom is 0.231 e. The third-order valence-corrected chi connectivity index (χ3v) is 2.06. The second kappa shape index (κ2) is 3.72. The van der Waals surface area contributed by atoms with Gasteiger partial charge in [0.15, 0.2) is 11.5 Å². The van der Waals surface area contributed by atoms with Crippen molar-refractivity contribution in [2.45, 2.75) is 6.92 Å². The van der Waals surface area contributed by atoms with Crippen molar-refractivity contribution in [1.82, 2.24) is 0 Å². The highest BCUT2D eigenvalue weighted by molar-refractivity contribution is 5.58. The molecule has 14 heavy (non-hydrogen) atoms. The molecular weight excluding hydrogens is 180 g/mol. The minimum absolute atomic E-state index is 0.0778. The van der Waals surface area contributed by atoms with E-state index in [0.29, 0.717) is 6.79 Å². The van der Waals surface area contributed by atoms with Crippen LogP contribution in [0.5, 0.6) is 11.5 Å². The van der Waals surface area contributed by atoms with Gasteiger partial charge in [-0.25, -0.2) is 0 Å². The first kappa shape index (κ1) is 9.09. The van der Waals surface area contributed by atoms with Crippen molar-refractivity contribution in [1.29, 1.82) is 0 Å². The molecule has 3 heteroatoms. The van der Waals surface area contributed by atoms with E-state index in [4.69, 9.17) is 14.6 Å². The van der Waals surface area contributed by atoms with Gasteiger partial charge in [-0.1, -0.05) is 12.1 Å². The van der Waals surface area contributed by atoms with Gasteiger partial charge in [0.1, 0.15) is 0 Å². The van der Waals surface area contributed by atoms with Crippen LogP contribution in [0, 0.1) is 0 Å². The maximum absolute atomic E-state index is 8.87. The Balaban J connectivity index is 2.29. The Morgan fingerprint density at radius 3 is 3.00 bits per heavy atom. The Labute approximate surface area is 82.6 Å². The van der Waals surface area contributed by atoms with E-state index in [1.807, 2.05) is 31.2 Å². The molecule has 1 aromatic carbocycles. The third-order valence-electron chi connectivity index (χ3n) is 2.06. The lowest BCUT2D eigenvalue weighted by atomic mass is 10.1. The van der Waals surface area contributed by atoms with Crippen LogP contribution in [-0.2, 0) is 0 Å². The highest BCUT2D eigenvalue weighted by atomic mass is 16.7. The molecule has 0 aliphatic carbocycles. The number of rotatable bonds is 2. The molecule has 0 radical (unpaired) electrons. The Kier molecular flexibility index (Phi) is 2.41. The summed E-state index contributed by atoms with van der Waals surface area (Å²) in [4.78, 5) is 0. The molecule has 0 unspecified atom stereocenters. The predicted molar refractivity (Wildman–Crippen MR) is 53.3 cm³/mol. The minimum Gasteiger partial charge on any atom is -0.454 e. The van der Waals surface area contributed by atoms with E-state index in [1.54, 1.807) is 0 Å². The molecule has 0 aromatic heterocycles. The number of fused-ring (bicyclic) bond motifs is 1. The lowest BCUT2D eigenvalue weighted by Gasteiger charge is -1.99. The van der Waals surface area contributed by atoms with E-state index < -0.39 is 0 Å². The zero-order chi connectivity index (χ0) is 9.97. The lowest BCUT2D eigenvalue weighted by Crippen LogP contribution is -1.92. The Bertz CT molecular complexity index is 369. The molecule has 1 aliphatic heterocycles. The van der Waals surface area contributed by atoms with Crippen molar-refractivity contribution in [2.24, 2.45) is 0 Å². The average molecular weight is 192 g/mol. The molecule has 1 aliphatic rings. The summed E-state index contributed by atoms with van der Waals surface area (Å²) in [5.74, 6) is 1.55. The van der Waals surface area contributed by atoms with Gasteiger partial charge in [0, 0.05) is 0 Å². The van der Waals surface area contributed by atoms with Crippen LogP contribution < -0.4 is 9.47 Å². The first-order valence-electron chi connectivity index (χ1n) is 4.47. The quantitative estimate of drug-likeness (QED) is 0.776. The fraction of sp³-hybridized carbons (Fsp3) is 0.273. The smallest absolute Gasteiger partial charge is 0.231 e. The molecule has 3 nitrogen and oxygen atoms in total. The predicted octanol–water partition coefficient (Wildman–Crippen LogP) is 1.81. The van der Waals surface area contributed by atoms with E-state index in [2.05, 4.69) is 0 Å². The molecule has 0 saturated heterocycles. The Morgan fingerprint density at radius 1 is 1.43 bits per heavy atom. The minimum atomic E-state index is 0.0778. The molecule has 1 heterocycles. The van der Waals surface area contributed by atoms with Crippen molar-refractivity contribution in [3.05, 3.63) is 29.3 Å². The second-order valence-corrected chi connectivity index (χ2v) is 3.26. The van der Waals surface area contributed by atoms with Crippen LogP contribution in [0.25, 0.3) is 6.08 Å². The van der Waals surface area contributed by atoms with Gasteiger partial charge in [0.05, 0.1) is 6.61 Å². The molecule has 0 bridgehead atoms. The van der Waals surface area contributed by atoms with Crippen molar-refractivity contribution in [2.75, 3.05) is 13.4 Å². The molecule has 2 rings (SSSR count). The van der Waals surface area contributed by atoms with Crippen LogP contribution in [0.4, 0.5) is 0 Å². The largest absolute Gasteiger partial charge is 0.454 e. The first-order valence-corrected chi connectivity index (χ1v) is 4.47. The highest BCUT2D eigenvalue weighted by Gasteiger charge is 2.12. The van der Waals surface area contributed by atoms with Crippen molar-refractivity contribution < 1.29 is 14.6 Å². The van der Waals surface area contributed by atoms with Crippen LogP contribution in [0.3, 0.4) is 0 Å². The van der Waals surface area contributed by atoms with Gasteiger partial charge >= 0.3 is 0 Å². The van der Waals surface area contributed by atoms with Crippen LogP contribution in [-0.4, -0.2) is 18.5 Å². The molecule has 0 saturated carbocycles. The third kappa shape index (κ3) is 1.72. The summed E-state index contributed by atoms with van der Waals surface area (Å²) in [6.07, 6.45) is 1.92. The van der Waals surface area contributed by atoms with Crippen molar-refractivity contribution >= 4 is 6.08 Å². The van der Waals surface area contributed by atoms with Gasteiger partial charge in [-0.15, -0.1) is 0 Å². The molecule has 1 aromatic rings. The molecule has 0 amide bonds. The standard InChI is InChI=1S/C11H12O3/c1-8(6-12)4-9-2-3-10-11(5-9)14-7-13-10/h2-5,12H,6-7H2,1H3. The Hall–Kier alpha value is -1.48. The fourth-order valence-corrected chi connectivity index (χ4v) is 1.33. The number of aliphatic hydroxyl groups is 1. The number of ether oxygens (including phenoxy) is 2. The highest BCUT2D eigenvalue weighted by Crippen LogP contribution is 2.32. The van der Waals surface area contributed by atoms with E-state index in [0.717, 1.165) is 22.6 Å². The normalized spacial score (nSPS) is 14.6. The summed E-state index contributed by atoms with van der Waals surface area (Å²) in [5.41, 5.74) is 1.93. The van der Waals surface area contributed by atoms with E-state index in [9.17, 15) is 0 Å². The number of hydrogen-bond acceptors (Lipinski definition) is 3. The zero-order valence-electron chi connectivity index (χ0n) is 7.99. The average Bonchev–Trinajstić information content (AvgIpc) is 2.64. The van der Waals surface area contributed by atoms with Crippen LogP contribution >= 0.6 is 0 Å². The fourth-order valence-electron chi connectivity index (χ4n) is 1.33. The monoisotopic (exact) mass is 192 g/mol. The van der Waals surface area contributed by atoms with E-state index >= 15 is 0 Å². The maximum atomic E-state index is 8.87. The summed E-state index contributed by atoms with van der Waals surface area (Å²) < 4.78 is 10.4. The summed E-state index contributed by atoms with van der Waals surface area (Å²) in [7, 11) is 0. The van der Waals surface area contributed by atoms with Gasteiger partial charge in [-0.05, 0) is 30.2 Å². The summed E-state index contributed by atoms with van der Waals surface area (Å²) in [5, 5.41) is 8.87. The summed E-state index contributed by atoms with van der Waals surface area (Å²) in [6.45, 7) is 2.25. The van der Waals surface area contributed by atoms with Crippen LogP contribution in [0.2, 0.25) is 0 Å². The molecule has 0 fully saturated rings. The lowest BCUT2D eigenvalue weighted by molar-refractivity contribution is 0.174. The first-order chi connectivity index (χ1) is 6.79. The topological polar surface area (TPSA) is 38.7 Å². The van der Waals surface area contributed by atoms with E-state index in [-0.39, 0.29) is 6.61 Å². The number of benzene rings is 1. The van der Waals surface area contributed by atoms with Gasteiger partial charge in [0.25, 0.3) is 0 Å². The van der Waals surface area contributed by atoms with E-state index in [1.165, 1.54) is 0 Å².